The Labute approximate surface area is 119 Å². The average molecular weight is 267 g/mol. The van der Waals surface area contributed by atoms with Gasteiger partial charge in [0.25, 0.3) is 0 Å². The van der Waals surface area contributed by atoms with Crippen LogP contribution in [0.1, 0.15) is 72.6 Å². The van der Waals surface area contributed by atoms with Crippen molar-refractivity contribution in [2.24, 2.45) is 23.7 Å². The van der Waals surface area contributed by atoms with Gasteiger partial charge in [-0.2, -0.15) is 0 Å². The van der Waals surface area contributed by atoms with Crippen molar-refractivity contribution in [2.45, 2.75) is 72.6 Å². The van der Waals surface area contributed by atoms with Crippen LogP contribution >= 0.6 is 0 Å². The molecule has 1 rings (SSSR count). The van der Waals surface area contributed by atoms with E-state index in [4.69, 9.17) is 0 Å². The fraction of sp³-hybridized carbons (Fsp3) is 0.941. The second kappa shape index (κ2) is 8.60. The molecule has 1 amide bonds. The number of rotatable bonds is 8. The number of carbonyl (C=O) groups is 1. The third kappa shape index (κ3) is 5.54. The Morgan fingerprint density at radius 2 is 1.95 bits per heavy atom. The predicted molar refractivity (Wildman–Crippen MR) is 82.0 cm³/mol. The maximum atomic E-state index is 12.4. The lowest BCUT2D eigenvalue weighted by Crippen LogP contribution is -2.36. The van der Waals surface area contributed by atoms with E-state index in [1.165, 1.54) is 38.5 Å². The highest BCUT2D eigenvalue weighted by molar-refractivity contribution is 5.79. The van der Waals surface area contributed by atoms with Crippen LogP contribution in [0.15, 0.2) is 0 Å². The number of unbranched alkanes of at least 4 members (excludes halogenated alkanes) is 3. The van der Waals surface area contributed by atoms with Crippen molar-refractivity contribution in [3.05, 3.63) is 0 Å². The molecule has 1 aliphatic rings. The van der Waals surface area contributed by atoms with Gasteiger partial charge in [0.15, 0.2) is 0 Å². The summed E-state index contributed by atoms with van der Waals surface area (Å²) in [5.74, 6) is 2.49. The average Bonchev–Trinajstić information content (AvgIpc) is 2.69. The number of hydrogen-bond acceptors (Lipinski definition) is 1. The van der Waals surface area contributed by atoms with Crippen LogP contribution in [0.4, 0.5) is 0 Å². The lowest BCUT2D eigenvalue weighted by atomic mass is 9.84. The standard InChI is InChI=1S/C17H33NO/c1-5-6-7-8-11-18-17(19)16-14(4)9-10-15(16)12-13(2)3/h13-16H,5-12H2,1-4H3,(H,18,19)/t14-,15+,16-/m0/s1. The van der Waals surface area contributed by atoms with Crippen LogP contribution < -0.4 is 5.32 Å². The van der Waals surface area contributed by atoms with Gasteiger partial charge in [-0.3, -0.25) is 4.79 Å². The Bertz CT molecular complexity index is 262. The van der Waals surface area contributed by atoms with Crippen molar-refractivity contribution in [1.29, 1.82) is 0 Å². The molecule has 19 heavy (non-hydrogen) atoms. The van der Waals surface area contributed by atoms with Gasteiger partial charge in [0.1, 0.15) is 0 Å². The first-order chi connectivity index (χ1) is 9.06. The molecule has 0 unspecified atom stereocenters. The fourth-order valence-corrected chi connectivity index (χ4v) is 3.52. The van der Waals surface area contributed by atoms with Gasteiger partial charge in [-0.05, 0) is 43.4 Å². The van der Waals surface area contributed by atoms with Crippen LogP contribution in [-0.4, -0.2) is 12.5 Å². The van der Waals surface area contributed by atoms with Crippen molar-refractivity contribution >= 4 is 5.91 Å². The molecule has 1 N–H and O–H groups in total. The number of amides is 1. The van der Waals surface area contributed by atoms with E-state index in [1.54, 1.807) is 0 Å². The predicted octanol–water partition coefficient (Wildman–Crippen LogP) is 4.39. The molecular formula is C17H33NO. The Morgan fingerprint density at radius 1 is 1.21 bits per heavy atom. The van der Waals surface area contributed by atoms with E-state index in [9.17, 15) is 4.79 Å². The molecule has 0 aromatic carbocycles. The van der Waals surface area contributed by atoms with Crippen LogP contribution in [0.3, 0.4) is 0 Å². The molecule has 3 atom stereocenters. The number of hydrogen-bond donors (Lipinski definition) is 1. The van der Waals surface area contributed by atoms with Crippen LogP contribution in [0.2, 0.25) is 0 Å². The van der Waals surface area contributed by atoms with Crippen LogP contribution in [0.25, 0.3) is 0 Å². The van der Waals surface area contributed by atoms with Crippen LogP contribution in [-0.2, 0) is 4.79 Å². The summed E-state index contributed by atoms with van der Waals surface area (Å²) >= 11 is 0. The summed E-state index contributed by atoms with van der Waals surface area (Å²) in [5, 5.41) is 3.18. The highest BCUT2D eigenvalue weighted by Crippen LogP contribution is 2.40. The van der Waals surface area contributed by atoms with Crippen molar-refractivity contribution in [1.82, 2.24) is 5.32 Å². The summed E-state index contributed by atoms with van der Waals surface area (Å²) in [7, 11) is 0. The van der Waals surface area contributed by atoms with Gasteiger partial charge < -0.3 is 5.32 Å². The lowest BCUT2D eigenvalue weighted by Gasteiger charge is -2.23. The molecule has 0 saturated heterocycles. The molecule has 0 heterocycles. The second-order valence-corrected chi connectivity index (χ2v) is 6.82. The minimum atomic E-state index is 0.272. The highest BCUT2D eigenvalue weighted by atomic mass is 16.1. The van der Waals surface area contributed by atoms with E-state index in [0.717, 1.165) is 13.0 Å². The number of carbonyl (C=O) groups excluding carboxylic acids is 1. The van der Waals surface area contributed by atoms with Crippen molar-refractivity contribution < 1.29 is 4.79 Å². The Balaban J connectivity index is 2.35. The lowest BCUT2D eigenvalue weighted by molar-refractivity contribution is -0.127. The van der Waals surface area contributed by atoms with E-state index in [2.05, 4.69) is 33.0 Å². The van der Waals surface area contributed by atoms with Gasteiger partial charge in [0.05, 0.1) is 0 Å². The van der Waals surface area contributed by atoms with Gasteiger partial charge in [-0.25, -0.2) is 0 Å². The van der Waals surface area contributed by atoms with Gasteiger partial charge in [0, 0.05) is 12.5 Å². The Hall–Kier alpha value is -0.530. The van der Waals surface area contributed by atoms with Crippen molar-refractivity contribution in [3.63, 3.8) is 0 Å². The molecule has 2 nitrogen and oxygen atoms in total. The molecule has 0 bridgehead atoms. The first-order valence-electron chi connectivity index (χ1n) is 8.34. The van der Waals surface area contributed by atoms with Crippen LogP contribution in [0, 0.1) is 23.7 Å². The molecule has 0 aromatic heterocycles. The van der Waals surface area contributed by atoms with Gasteiger partial charge >= 0.3 is 0 Å². The maximum absolute atomic E-state index is 12.4. The number of nitrogens with one attached hydrogen (secondary N) is 1. The normalized spacial score (nSPS) is 26.9. The Kier molecular flexibility index (Phi) is 7.48. The molecular weight excluding hydrogens is 234 g/mol. The van der Waals surface area contributed by atoms with E-state index >= 15 is 0 Å². The third-order valence-electron chi connectivity index (χ3n) is 4.52. The first kappa shape index (κ1) is 16.5. The quantitative estimate of drug-likeness (QED) is 0.649. The van der Waals surface area contributed by atoms with Gasteiger partial charge in [0.2, 0.25) is 5.91 Å². The fourth-order valence-electron chi connectivity index (χ4n) is 3.52. The highest BCUT2D eigenvalue weighted by Gasteiger charge is 2.38. The first-order valence-corrected chi connectivity index (χ1v) is 8.34. The zero-order chi connectivity index (χ0) is 14.3. The monoisotopic (exact) mass is 267 g/mol. The van der Waals surface area contributed by atoms with Crippen LogP contribution in [0.5, 0.6) is 0 Å². The molecule has 1 aliphatic carbocycles. The summed E-state index contributed by atoms with van der Waals surface area (Å²) in [6, 6.07) is 0. The van der Waals surface area contributed by atoms with Crippen molar-refractivity contribution in [3.8, 4) is 0 Å². The van der Waals surface area contributed by atoms with E-state index in [0.29, 0.717) is 23.7 Å². The molecule has 0 aliphatic heterocycles. The molecule has 0 spiro atoms. The second-order valence-electron chi connectivity index (χ2n) is 6.82. The van der Waals surface area contributed by atoms with Gasteiger partial charge in [-0.15, -0.1) is 0 Å². The molecule has 112 valence electrons. The molecule has 0 radical (unpaired) electrons. The van der Waals surface area contributed by atoms with Gasteiger partial charge in [-0.1, -0.05) is 47.0 Å². The van der Waals surface area contributed by atoms with E-state index in [-0.39, 0.29) is 5.92 Å². The smallest absolute Gasteiger partial charge is 0.223 e. The molecule has 1 saturated carbocycles. The largest absolute Gasteiger partial charge is 0.356 e. The summed E-state index contributed by atoms with van der Waals surface area (Å²) in [4.78, 5) is 12.4. The maximum Gasteiger partial charge on any atom is 0.223 e. The zero-order valence-corrected chi connectivity index (χ0v) is 13.4. The van der Waals surface area contributed by atoms with Crippen molar-refractivity contribution in [2.75, 3.05) is 6.54 Å². The van der Waals surface area contributed by atoms with E-state index in [1.807, 2.05) is 0 Å². The van der Waals surface area contributed by atoms with E-state index < -0.39 is 0 Å². The minimum absolute atomic E-state index is 0.272. The summed E-state index contributed by atoms with van der Waals surface area (Å²) in [6.45, 7) is 9.87. The summed E-state index contributed by atoms with van der Waals surface area (Å²) < 4.78 is 0. The Morgan fingerprint density at radius 3 is 2.58 bits per heavy atom. The summed E-state index contributed by atoms with van der Waals surface area (Å²) in [6.07, 6.45) is 8.59. The third-order valence-corrected chi connectivity index (χ3v) is 4.52. The molecule has 2 heteroatoms. The zero-order valence-electron chi connectivity index (χ0n) is 13.4. The molecule has 1 fully saturated rings. The minimum Gasteiger partial charge on any atom is -0.356 e. The summed E-state index contributed by atoms with van der Waals surface area (Å²) in [5.41, 5.74) is 0. The topological polar surface area (TPSA) is 29.1 Å². The molecule has 0 aromatic rings. The SMILES string of the molecule is CCCCCCNC(=O)[C@@H]1[C@@H](CC(C)C)CC[C@@H]1C.